The van der Waals surface area contributed by atoms with Gasteiger partial charge in [-0.25, -0.2) is 0 Å². The number of carbonyl (C=O) groups excluding carboxylic acids is 1. The Labute approximate surface area is 245 Å². The van der Waals surface area contributed by atoms with E-state index in [0.717, 1.165) is 33.4 Å². The molecular formula is C31H37N5O6. The Balaban J connectivity index is 1.57. The van der Waals surface area contributed by atoms with Crippen molar-refractivity contribution in [1.82, 2.24) is 15.5 Å². The summed E-state index contributed by atoms with van der Waals surface area (Å²) in [4.78, 5) is 14.9. The molecule has 2 bridgehead atoms. The molecule has 6 rings (SSSR count). The largest absolute Gasteiger partial charge is 0.504 e. The van der Waals surface area contributed by atoms with Gasteiger partial charge in [-0.2, -0.15) is 5.26 Å². The molecule has 0 saturated carbocycles. The van der Waals surface area contributed by atoms with Gasteiger partial charge in [-0.05, 0) is 44.7 Å². The van der Waals surface area contributed by atoms with E-state index in [1.54, 1.807) is 20.1 Å². The number of carbonyl (C=O) groups is 1. The number of nitrogens with two attached hydrogens (primary N) is 1. The third-order valence-electron chi connectivity index (χ3n) is 8.99. The molecule has 6 atom stereocenters. The number of hydrogen-bond donors (Lipinski definition) is 4. The average molecular weight is 576 g/mol. The number of benzene rings is 2. The molecule has 4 heterocycles. The zero-order valence-electron chi connectivity index (χ0n) is 24.3. The molecule has 11 nitrogen and oxygen atoms in total. The smallest absolute Gasteiger partial charge is 0.236 e. The number of fused-ring (bicyclic) bond motifs is 9. The minimum absolute atomic E-state index is 0.0603. The molecule has 1 amide bonds. The van der Waals surface area contributed by atoms with Crippen LogP contribution in [0, 0.1) is 25.2 Å². The number of nitrogens with zero attached hydrogens (tertiary/aromatic N) is 2. The van der Waals surface area contributed by atoms with Crippen molar-refractivity contribution in [2.75, 3.05) is 27.1 Å². The van der Waals surface area contributed by atoms with E-state index >= 15 is 0 Å². The molecule has 42 heavy (non-hydrogen) atoms. The first-order valence-electron chi connectivity index (χ1n) is 14.3. The van der Waals surface area contributed by atoms with Gasteiger partial charge in [0.1, 0.15) is 18.4 Å². The number of amides is 1. The van der Waals surface area contributed by atoms with Gasteiger partial charge in [0.25, 0.3) is 0 Å². The molecular weight excluding hydrogens is 538 g/mol. The summed E-state index contributed by atoms with van der Waals surface area (Å²) in [6.45, 7) is 9.85. The number of methoxy groups -OCH3 is 1. The number of piperazine rings is 1. The van der Waals surface area contributed by atoms with Crippen LogP contribution in [-0.4, -0.2) is 67.1 Å². The van der Waals surface area contributed by atoms with Crippen LogP contribution < -0.4 is 35.3 Å². The van der Waals surface area contributed by atoms with E-state index in [9.17, 15) is 15.2 Å². The number of nitrogens with one attached hydrogen (secondary N) is 2. The minimum Gasteiger partial charge on any atom is -0.504 e. The molecule has 4 aliphatic heterocycles. The zero-order chi connectivity index (χ0) is 29.9. The van der Waals surface area contributed by atoms with Crippen LogP contribution >= 0.6 is 0 Å². The van der Waals surface area contributed by atoms with Crippen molar-refractivity contribution in [2.45, 2.75) is 69.9 Å². The molecule has 1 saturated heterocycles. The van der Waals surface area contributed by atoms with E-state index in [1.165, 1.54) is 0 Å². The summed E-state index contributed by atoms with van der Waals surface area (Å²) in [5.41, 5.74) is 11.1. The fourth-order valence-electron chi connectivity index (χ4n) is 7.31. The predicted octanol–water partition coefficient (Wildman–Crippen LogP) is 2.20. The fourth-order valence-corrected chi connectivity index (χ4v) is 7.31. The molecule has 5 N–H and O–H groups in total. The van der Waals surface area contributed by atoms with E-state index in [-0.39, 0.29) is 49.7 Å². The highest BCUT2D eigenvalue weighted by molar-refractivity contribution is 5.81. The van der Waals surface area contributed by atoms with Crippen LogP contribution in [-0.2, 0) is 17.6 Å². The number of hydrogen-bond acceptors (Lipinski definition) is 10. The summed E-state index contributed by atoms with van der Waals surface area (Å²) in [7, 11) is 1.55. The third-order valence-corrected chi connectivity index (χ3v) is 8.99. The minimum atomic E-state index is -0.702. The monoisotopic (exact) mass is 575 g/mol. The van der Waals surface area contributed by atoms with E-state index in [2.05, 4.69) is 34.2 Å². The molecule has 222 valence electrons. The summed E-state index contributed by atoms with van der Waals surface area (Å²) < 4.78 is 23.8. The Morgan fingerprint density at radius 2 is 2.10 bits per heavy atom. The van der Waals surface area contributed by atoms with Crippen LogP contribution in [0.4, 0.5) is 0 Å². The van der Waals surface area contributed by atoms with Crippen molar-refractivity contribution in [2.24, 2.45) is 5.73 Å². The van der Waals surface area contributed by atoms with E-state index in [4.69, 9.17) is 24.7 Å². The number of phenolic OH excluding ortho intramolecular Hbond substituents is 1. The quantitative estimate of drug-likeness (QED) is 0.362. The molecule has 0 aromatic heterocycles. The number of phenols is 1. The molecule has 2 aromatic rings. The Morgan fingerprint density at radius 1 is 1.33 bits per heavy atom. The van der Waals surface area contributed by atoms with Crippen molar-refractivity contribution in [3.63, 3.8) is 0 Å². The van der Waals surface area contributed by atoms with E-state index < -0.39 is 18.1 Å². The van der Waals surface area contributed by atoms with Gasteiger partial charge in [0.2, 0.25) is 12.7 Å². The van der Waals surface area contributed by atoms with Gasteiger partial charge < -0.3 is 40.4 Å². The van der Waals surface area contributed by atoms with E-state index in [0.29, 0.717) is 35.8 Å². The maximum absolute atomic E-state index is 12.7. The highest BCUT2D eigenvalue weighted by Crippen LogP contribution is 2.56. The van der Waals surface area contributed by atoms with Crippen LogP contribution in [0.5, 0.6) is 28.7 Å². The highest BCUT2D eigenvalue weighted by Gasteiger charge is 2.54. The van der Waals surface area contributed by atoms with E-state index in [1.807, 2.05) is 13.8 Å². The summed E-state index contributed by atoms with van der Waals surface area (Å²) in [5.74, 6) is 2.13. The second-order valence-electron chi connectivity index (χ2n) is 11.5. The van der Waals surface area contributed by atoms with Crippen LogP contribution in [0.3, 0.4) is 0 Å². The SMILES string of the molecule is C=CCOc1c(C)c2c(c3c1CC1[C@H]4N[C@@H](Cc5cc(C)c(OC)c(O)c54)[C@H](C#N)N1[C@H]3CNC(=O)[C@H](C)N)OCO2. The van der Waals surface area contributed by atoms with Crippen LogP contribution in [0.2, 0.25) is 0 Å². The number of aryl methyl sites for hydroxylation is 1. The summed E-state index contributed by atoms with van der Waals surface area (Å²) >= 11 is 0. The fraction of sp³-hybridized carbons (Fsp3) is 0.484. The van der Waals surface area contributed by atoms with Crippen molar-refractivity contribution in [3.05, 3.63) is 52.1 Å². The molecule has 1 fully saturated rings. The van der Waals surface area contributed by atoms with Crippen molar-refractivity contribution in [1.29, 1.82) is 5.26 Å². The zero-order valence-corrected chi connectivity index (χ0v) is 24.3. The van der Waals surface area contributed by atoms with Gasteiger partial charge in [0.15, 0.2) is 23.0 Å². The standard InChI is InChI=1S/C31H37N5O6/c1-6-7-40-28-15(3)29-30(42-13-41-29)24-18(28)10-20-25-23-17(8-14(2)27(39-5)26(23)37)9-19(35-25)21(11-32)36(20)22(24)12-34-31(38)16(4)33/h6,8,16,19-22,25,35,37H,1,7,9-10,12-13,33H2,2-5H3,(H,34,38)/t16-,19-,20?,21-,22-,25+/m0/s1. The molecule has 11 heteroatoms. The molecule has 0 aliphatic carbocycles. The highest BCUT2D eigenvalue weighted by atomic mass is 16.7. The molecule has 1 unspecified atom stereocenters. The first kappa shape index (κ1) is 28.2. The second kappa shape index (κ2) is 10.7. The third kappa shape index (κ3) is 4.16. The average Bonchev–Trinajstić information content (AvgIpc) is 3.46. The first-order chi connectivity index (χ1) is 20.2. The van der Waals surface area contributed by atoms with Gasteiger partial charge in [-0.3, -0.25) is 9.69 Å². The van der Waals surface area contributed by atoms with Crippen molar-refractivity contribution >= 4 is 5.91 Å². The lowest BCUT2D eigenvalue weighted by Crippen LogP contribution is -2.68. The number of aromatic hydroxyl groups is 1. The molecule has 0 radical (unpaired) electrons. The van der Waals surface area contributed by atoms with Gasteiger partial charge >= 0.3 is 0 Å². The molecule has 2 aromatic carbocycles. The lowest BCUT2D eigenvalue weighted by atomic mass is 9.72. The number of rotatable bonds is 7. The molecule has 0 spiro atoms. The number of ether oxygens (including phenoxy) is 4. The second-order valence-corrected chi connectivity index (χ2v) is 11.5. The van der Waals surface area contributed by atoms with Gasteiger partial charge in [0.05, 0.1) is 31.3 Å². The van der Waals surface area contributed by atoms with Crippen LogP contribution in [0.1, 0.15) is 52.4 Å². The van der Waals surface area contributed by atoms with Crippen molar-refractivity contribution < 1.29 is 28.8 Å². The summed E-state index contributed by atoms with van der Waals surface area (Å²) in [6, 6.07) is 2.10. The number of nitriles is 1. The molecule has 4 aliphatic rings. The Hall–Kier alpha value is -3.98. The lowest BCUT2D eigenvalue weighted by molar-refractivity contribution is -0.122. The lowest BCUT2D eigenvalue weighted by Gasteiger charge is -2.56. The van der Waals surface area contributed by atoms with Gasteiger partial charge in [0, 0.05) is 40.9 Å². The normalized spacial score (nSPS) is 25.8. The first-order valence-corrected chi connectivity index (χ1v) is 14.3. The maximum atomic E-state index is 12.7. The maximum Gasteiger partial charge on any atom is 0.236 e. The summed E-state index contributed by atoms with van der Waals surface area (Å²) in [5, 5.41) is 28.8. The predicted molar refractivity (Wildman–Crippen MR) is 154 cm³/mol. The Kier molecular flexibility index (Phi) is 7.17. The van der Waals surface area contributed by atoms with Crippen LogP contribution in [0.15, 0.2) is 18.7 Å². The summed E-state index contributed by atoms with van der Waals surface area (Å²) in [6.07, 6.45) is 2.74. The van der Waals surface area contributed by atoms with Gasteiger partial charge in [-0.15, -0.1) is 0 Å². The van der Waals surface area contributed by atoms with Gasteiger partial charge in [-0.1, -0.05) is 18.7 Å². The Bertz CT molecular complexity index is 1500. The van der Waals surface area contributed by atoms with Crippen molar-refractivity contribution in [3.8, 4) is 34.8 Å². The topological polar surface area (TPSA) is 151 Å². The Morgan fingerprint density at radius 3 is 2.79 bits per heavy atom. The van der Waals surface area contributed by atoms with Crippen LogP contribution in [0.25, 0.3) is 0 Å².